The highest BCUT2D eigenvalue weighted by Gasteiger charge is 2.06. The average Bonchev–Trinajstić information content (AvgIpc) is 2.51. The van der Waals surface area contributed by atoms with Gasteiger partial charge in [0, 0.05) is 24.7 Å². The van der Waals surface area contributed by atoms with Crippen LogP contribution in [0.25, 0.3) is 0 Å². The summed E-state index contributed by atoms with van der Waals surface area (Å²) in [6.45, 7) is 6.88. The van der Waals surface area contributed by atoms with Gasteiger partial charge in [0.25, 0.3) is 0 Å². The van der Waals surface area contributed by atoms with Gasteiger partial charge in [0.05, 0.1) is 0 Å². The predicted octanol–water partition coefficient (Wildman–Crippen LogP) is 3.98. The minimum absolute atomic E-state index is 0.0380. The molecule has 1 amide bonds. The lowest BCUT2D eigenvalue weighted by Crippen LogP contribution is -2.24. The lowest BCUT2D eigenvalue weighted by molar-refractivity contribution is -0.116. The molecule has 2 aromatic carbocycles. The molecule has 3 heteroatoms. The minimum atomic E-state index is 0.0380. The minimum Gasteiger partial charge on any atom is -0.326 e. The van der Waals surface area contributed by atoms with Crippen molar-refractivity contribution in [2.45, 2.75) is 33.2 Å². The molecule has 1 unspecified atom stereocenters. The second-order valence-electron chi connectivity index (χ2n) is 5.68. The lowest BCUT2D eigenvalue weighted by atomic mass is 10.1. The van der Waals surface area contributed by atoms with Crippen molar-refractivity contribution in [1.82, 2.24) is 5.32 Å². The summed E-state index contributed by atoms with van der Waals surface area (Å²) in [5, 5.41) is 6.32. The van der Waals surface area contributed by atoms with Gasteiger partial charge in [0.1, 0.15) is 0 Å². The van der Waals surface area contributed by atoms with Gasteiger partial charge in [-0.1, -0.05) is 36.4 Å². The van der Waals surface area contributed by atoms with Crippen LogP contribution in [0.4, 0.5) is 5.69 Å². The maximum Gasteiger partial charge on any atom is 0.225 e. The summed E-state index contributed by atoms with van der Waals surface area (Å²) in [5.41, 5.74) is 4.52. The maximum atomic E-state index is 12.0. The molecule has 0 aliphatic rings. The molecule has 2 aromatic rings. The van der Waals surface area contributed by atoms with Gasteiger partial charge in [-0.25, -0.2) is 0 Å². The van der Waals surface area contributed by atoms with Crippen molar-refractivity contribution in [1.29, 1.82) is 0 Å². The van der Waals surface area contributed by atoms with Crippen molar-refractivity contribution in [2.75, 3.05) is 11.9 Å². The number of amides is 1. The van der Waals surface area contributed by atoms with E-state index in [1.807, 2.05) is 43.3 Å². The van der Waals surface area contributed by atoms with E-state index in [4.69, 9.17) is 0 Å². The molecule has 0 radical (unpaired) electrons. The normalized spacial score (nSPS) is 12.0. The van der Waals surface area contributed by atoms with Gasteiger partial charge in [-0.05, 0) is 49.6 Å². The molecular weight excluding hydrogens is 272 g/mol. The van der Waals surface area contributed by atoms with Gasteiger partial charge in [0.2, 0.25) is 5.91 Å². The summed E-state index contributed by atoms with van der Waals surface area (Å²) >= 11 is 0. The quantitative estimate of drug-likeness (QED) is 0.846. The molecule has 0 aliphatic heterocycles. The van der Waals surface area contributed by atoms with Crippen LogP contribution < -0.4 is 10.6 Å². The van der Waals surface area contributed by atoms with E-state index in [1.54, 1.807) is 0 Å². The molecule has 0 fully saturated rings. The van der Waals surface area contributed by atoms with E-state index in [9.17, 15) is 4.79 Å². The van der Waals surface area contributed by atoms with Crippen LogP contribution in [0.1, 0.15) is 36.1 Å². The lowest BCUT2D eigenvalue weighted by Gasteiger charge is -2.14. The second-order valence-corrected chi connectivity index (χ2v) is 5.68. The third-order valence-corrected chi connectivity index (χ3v) is 3.89. The van der Waals surface area contributed by atoms with Crippen molar-refractivity contribution in [3.63, 3.8) is 0 Å². The number of hydrogen-bond donors (Lipinski definition) is 2. The Morgan fingerprint density at radius 2 is 1.77 bits per heavy atom. The van der Waals surface area contributed by atoms with Crippen molar-refractivity contribution < 1.29 is 4.79 Å². The topological polar surface area (TPSA) is 41.1 Å². The van der Waals surface area contributed by atoms with Crippen LogP contribution in [0.15, 0.2) is 48.5 Å². The molecule has 2 N–H and O–H groups in total. The Labute approximate surface area is 132 Å². The third kappa shape index (κ3) is 4.71. The van der Waals surface area contributed by atoms with E-state index in [2.05, 4.69) is 36.6 Å². The molecule has 0 saturated carbocycles. The summed E-state index contributed by atoms with van der Waals surface area (Å²) in [6.07, 6.45) is 0.462. The fraction of sp³-hybridized carbons (Fsp3) is 0.316. The Kier molecular flexibility index (Phi) is 5.73. The van der Waals surface area contributed by atoms with Gasteiger partial charge in [-0.3, -0.25) is 4.79 Å². The van der Waals surface area contributed by atoms with E-state index >= 15 is 0 Å². The zero-order valence-corrected chi connectivity index (χ0v) is 13.5. The number of carbonyl (C=O) groups is 1. The molecule has 0 bridgehead atoms. The number of anilines is 1. The summed E-state index contributed by atoms with van der Waals surface area (Å²) < 4.78 is 0. The molecule has 2 rings (SSSR count). The molecule has 22 heavy (non-hydrogen) atoms. The van der Waals surface area contributed by atoms with Crippen molar-refractivity contribution in [2.24, 2.45) is 0 Å². The first-order valence-electron chi connectivity index (χ1n) is 7.71. The first-order chi connectivity index (χ1) is 10.6. The molecule has 0 spiro atoms. The molecular formula is C19H24N2O. The number of rotatable bonds is 6. The second kappa shape index (κ2) is 7.76. The monoisotopic (exact) mass is 296 g/mol. The number of nitrogens with one attached hydrogen (secondary N) is 2. The van der Waals surface area contributed by atoms with Gasteiger partial charge >= 0.3 is 0 Å². The van der Waals surface area contributed by atoms with Gasteiger partial charge < -0.3 is 10.6 Å². The van der Waals surface area contributed by atoms with Crippen LogP contribution in [0.2, 0.25) is 0 Å². The number of benzene rings is 2. The Hall–Kier alpha value is -2.13. The van der Waals surface area contributed by atoms with Crippen LogP contribution in [0.3, 0.4) is 0 Å². The van der Waals surface area contributed by atoms with E-state index in [0.29, 0.717) is 13.0 Å². The highest BCUT2D eigenvalue weighted by Crippen LogP contribution is 2.14. The Morgan fingerprint density at radius 1 is 1.05 bits per heavy atom. The summed E-state index contributed by atoms with van der Waals surface area (Å²) in [6, 6.07) is 16.5. The first kappa shape index (κ1) is 16.2. The molecule has 0 aliphatic carbocycles. The van der Waals surface area contributed by atoms with Crippen LogP contribution in [0, 0.1) is 13.8 Å². The largest absolute Gasteiger partial charge is 0.326 e. The van der Waals surface area contributed by atoms with Gasteiger partial charge in [-0.15, -0.1) is 0 Å². The van der Waals surface area contributed by atoms with Crippen molar-refractivity contribution in [3.05, 3.63) is 65.2 Å². The summed E-state index contributed by atoms with van der Waals surface area (Å²) in [5.74, 6) is 0.0380. The highest BCUT2D eigenvalue weighted by atomic mass is 16.1. The van der Waals surface area contributed by atoms with E-state index in [-0.39, 0.29) is 11.9 Å². The molecule has 0 aromatic heterocycles. The predicted molar refractivity (Wildman–Crippen MR) is 92.0 cm³/mol. The van der Waals surface area contributed by atoms with E-state index in [0.717, 1.165) is 5.69 Å². The first-order valence-corrected chi connectivity index (χ1v) is 7.71. The highest BCUT2D eigenvalue weighted by molar-refractivity contribution is 5.90. The van der Waals surface area contributed by atoms with Crippen LogP contribution in [0.5, 0.6) is 0 Å². The van der Waals surface area contributed by atoms with Crippen LogP contribution in [-0.2, 0) is 4.79 Å². The fourth-order valence-electron chi connectivity index (χ4n) is 2.30. The molecule has 3 nitrogen and oxygen atoms in total. The Balaban J connectivity index is 1.77. The smallest absolute Gasteiger partial charge is 0.225 e. The molecule has 116 valence electrons. The Bertz CT molecular complexity index is 623. The fourth-order valence-corrected chi connectivity index (χ4v) is 2.30. The van der Waals surface area contributed by atoms with E-state index < -0.39 is 0 Å². The van der Waals surface area contributed by atoms with Gasteiger partial charge in [-0.2, -0.15) is 0 Å². The average molecular weight is 296 g/mol. The zero-order chi connectivity index (χ0) is 15.9. The van der Waals surface area contributed by atoms with Crippen molar-refractivity contribution in [3.8, 4) is 0 Å². The number of aryl methyl sites for hydroxylation is 2. The summed E-state index contributed by atoms with van der Waals surface area (Å²) in [7, 11) is 0. The van der Waals surface area contributed by atoms with E-state index in [1.165, 1.54) is 16.7 Å². The summed E-state index contributed by atoms with van der Waals surface area (Å²) in [4.78, 5) is 12.0. The SMILES string of the molecule is Cc1ccc(NC(=O)CCNC(C)c2ccccc2)cc1C. The third-order valence-electron chi connectivity index (χ3n) is 3.89. The van der Waals surface area contributed by atoms with Crippen molar-refractivity contribution >= 4 is 11.6 Å². The number of hydrogen-bond acceptors (Lipinski definition) is 2. The Morgan fingerprint density at radius 3 is 2.45 bits per heavy atom. The molecule has 0 heterocycles. The number of carbonyl (C=O) groups excluding carboxylic acids is 1. The molecule has 1 atom stereocenters. The maximum absolute atomic E-state index is 12.0. The standard InChI is InChI=1S/C19H24N2O/c1-14-9-10-18(13-15(14)2)21-19(22)11-12-20-16(3)17-7-5-4-6-8-17/h4-10,13,16,20H,11-12H2,1-3H3,(H,21,22). The van der Waals surface area contributed by atoms with Crippen LogP contribution >= 0.6 is 0 Å². The van der Waals surface area contributed by atoms with Gasteiger partial charge in [0.15, 0.2) is 0 Å². The molecule has 0 saturated heterocycles. The zero-order valence-electron chi connectivity index (χ0n) is 13.5. The van der Waals surface area contributed by atoms with Crippen LogP contribution in [-0.4, -0.2) is 12.5 Å².